The first-order chi connectivity index (χ1) is 17.0. The summed E-state index contributed by atoms with van der Waals surface area (Å²) in [5, 5.41) is 11.1. The van der Waals surface area contributed by atoms with Crippen molar-refractivity contribution in [1.29, 1.82) is 0 Å². The maximum atomic E-state index is 13.3. The molecular formula is C24H27N9O2. The van der Waals surface area contributed by atoms with Gasteiger partial charge in [0.2, 0.25) is 0 Å². The molecule has 2 N–H and O–H groups in total. The van der Waals surface area contributed by atoms with Gasteiger partial charge in [0.25, 0.3) is 5.91 Å². The number of benzene rings is 1. The van der Waals surface area contributed by atoms with Gasteiger partial charge >= 0.3 is 0 Å². The van der Waals surface area contributed by atoms with Crippen molar-refractivity contribution >= 4 is 23.1 Å². The van der Waals surface area contributed by atoms with Crippen LogP contribution < -0.4 is 20.5 Å². The maximum absolute atomic E-state index is 13.3. The van der Waals surface area contributed by atoms with Gasteiger partial charge in [0.1, 0.15) is 12.3 Å². The molecule has 0 radical (unpaired) electrons. The van der Waals surface area contributed by atoms with Gasteiger partial charge < -0.3 is 19.5 Å². The van der Waals surface area contributed by atoms with Crippen LogP contribution in [-0.4, -0.2) is 70.7 Å². The van der Waals surface area contributed by atoms with Crippen molar-refractivity contribution in [2.45, 2.75) is 18.8 Å². The Morgan fingerprint density at radius 1 is 1.26 bits per heavy atom. The van der Waals surface area contributed by atoms with E-state index in [9.17, 15) is 4.79 Å². The molecule has 6 rings (SSSR count). The lowest BCUT2D eigenvalue weighted by molar-refractivity contribution is 0.102. The van der Waals surface area contributed by atoms with Crippen LogP contribution in [-0.2, 0) is 0 Å². The van der Waals surface area contributed by atoms with Crippen LogP contribution in [0.2, 0.25) is 0 Å². The van der Waals surface area contributed by atoms with Crippen LogP contribution in [0.4, 0.5) is 11.4 Å². The van der Waals surface area contributed by atoms with E-state index in [-0.39, 0.29) is 5.91 Å². The number of nitrogens with zero attached hydrogens (tertiary/aromatic N) is 7. The van der Waals surface area contributed by atoms with Gasteiger partial charge in [-0.25, -0.2) is 15.1 Å². The van der Waals surface area contributed by atoms with Gasteiger partial charge in [-0.05, 0) is 31.0 Å². The number of carbonyl (C=O) groups excluding carboxylic acids is 1. The Balaban J connectivity index is 1.32. The third kappa shape index (κ3) is 3.93. The third-order valence-corrected chi connectivity index (χ3v) is 6.28. The zero-order chi connectivity index (χ0) is 24.1. The number of hydrogen-bond donors (Lipinski definition) is 2. The molecule has 1 amide bonds. The first-order valence-corrected chi connectivity index (χ1v) is 11.6. The van der Waals surface area contributed by atoms with Gasteiger partial charge in [-0.3, -0.25) is 9.80 Å². The van der Waals surface area contributed by atoms with E-state index in [1.54, 1.807) is 17.4 Å². The van der Waals surface area contributed by atoms with Crippen molar-refractivity contribution in [3.63, 3.8) is 0 Å². The van der Waals surface area contributed by atoms with Crippen LogP contribution in [0.15, 0.2) is 48.1 Å². The van der Waals surface area contributed by atoms with Crippen molar-refractivity contribution in [1.82, 2.24) is 30.2 Å². The largest absolute Gasteiger partial charge is 0.489 e. The number of ether oxygens (including phenoxy) is 1. The summed E-state index contributed by atoms with van der Waals surface area (Å²) in [4.78, 5) is 24.3. The van der Waals surface area contributed by atoms with Gasteiger partial charge in [-0.2, -0.15) is 0 Å². The van der Waals surface area contributed by atoms with Crippen molar-refractivity contribution in [3.05, 3.63) is 59.9 Å². The molecule has 2 aliphatic heterocycles. The Hall–Kier alpha value is -4.12. The lowest BCUT2D eigenvalue weighted by Crippen LogP contribution is -2.42. The number of anilines is 2. The first-order valence-electron chi connectivity index (χ1n) is 11.6. The average Bonchev–Trinajstić information content (AvgIpc) is 3.50. The lowest BCUT2D eigenvalue weighted by Gasteiger charge is -2.18. The molecule has 1 fully saturated rings. The summed E-state index contributed by atoms with van der Waals surface area (Å²) in [6.45, 7) is 1.07. The quantitative estimate of drug-likeness (QED) is 0.581. The van der Waals surface area contributed by atoms with Crippen molar-refractivity contribution in [3.8, 4) is 11.4 Å². The van der Waals surface area contributed by atoms with E-state index in [2.05, 4.69) is 25.9 Å². The smallest absolute Gasteiger partial charge is 0.274 e. The molecule has 11 heteroatoms. The summed E-state index contributed by atoms with van der Waals surface area (Å²) in [7, 11) is 5.75. The lowest BCUT2D eigenvalue weighted by atomic mass is 10.1. The normalized spacial score (nSPS) is 16.7. The zero-order valence-corrected chi connectivity index (χ0v) is 19.9. The summed E-state index contributed by atoms with van der Waals surface area (Å²) < 4.78 is 8.00. The van der Waals surface area contributed by atoms with Gasteiger partial charge in [0.15, 0.2) is 11.6 Å². The molecule has 0 atom stereocenters. The highest BCUT2D eigenvalue weighted by atomic mass is 16.5. The van der Waals surface area contributed by atoms with E-state index < -0.39 is 0 Å². The van der Waals surface area contributed by atoms with Crippen LogP contribution in [0.25, 0.3) is 5.69 Å². The van der Waals surface area contributed by atoms with E-state index in [4.69, 9.17) is 4.74 Å². The number of amidine groups is 1. The first kappa shape index (κ1) is 21.4. The van der Waals surface area contributed by atoms with Crippen LogP contribution >= 0.6 is 0 Å². The molecule has 3 aromatic rings. The minimum atomic E-state index is -0.319. The van der Waals surface area contributed by atoms with E-state index >= 15 is 0 Å². The molecule has 0 saturated heterocycles. The fraction of sp³-hybridized carbons (Fsp3) is 0.333. The number of amides is 1. The summed E-state index contributed by atoms with van der Waals surface area (Å²) in [6, 6.07) is 7.43. The van der Waals surface area contributed by atoms with Crippen LogP contribution in [0.1, 0.15) is 40.5 Å². The fourth-order valence-corrected chi connectivity index (χ4v) is 4.36. The summed E-state index contributed by atoms with van der Waals surface area (Å²) in [5.74, 6) is 1.57. The van der Waals surface area contributed by atoms with E-state index in [1.165, 1.54) is 12.8 Å². The number of aromatic nitrogens is 3. The van der Waals surface area contributed by atoms with Crippen LogP contribution in [0, 0.1) is 0 Å². The van der Waals surface area contributed by atoms with E-state index in [1.807, 2.05) is 66.3 Å². The molecular weight excluding hydrogens is 446 g/mol. The molecule has 11 nitrogen and oxygen atoms in total. The van der Waals surface area contributed by atoms with Crippen LogP contribution in [0.5, 0.6) is 5.75 Å². The number of imidazole rings is 1. The predicted molar refractivity (Wildman–Crippen MR) is 132 cm³/mol. The zero-order valence-electron chi connectivity index (χ0n) is 19.9. The van der Waals surface area contributed by atoms with Gasteiger partial charge in [-0.15, -0.1) is 10.6 Å². The highest BCUT2D eigenvalue weighted by Crippen LogP contribution is 2.39. The minimum absolute atomic E-state index is 0.305. The minimum Gasteiger partial charge on any atom is -0.489 e. The Kier molecular flexibility index (Phi) is 5.06. The molecule has 1 aliphatic carbocycles. The Morgan fingerprint density at radius 3 is 2.91 bits per heavy atom. The number of carbonyl (C=O) groups is 1. The SMILES string of the molecule is CN1N=C2c3cccc(NC(=O)c4cc(-n5cnc(C6CC6)c5)c(N(C)C)cn4)c3OCCN2N1. The summed E-state index contributed by atoms with van der Waals surface area (Å²) >= 11 is 0. The second-order valence-corrected chi connectivity index (χ2v) is 9.12. The van der Waals surface area contributed by atoms with Crippen LogP contribution in [0.3, 0.4) is 0 Å². The van der Waals surface area contributed by atoms with Crippen molar-refractivity contribution in [2.24, 2.45) is 5.10 Å². The van der Waals surface area contributed by atoms with Gasteiger partial charge in [0, 0.05) is 33.3 Å². The van der Waals surface area contributed by atoms with Gasteiger partial charge in [-0.1, -0.05) is 6.07 Å². The molecule has 0 unspecified atom stereocenters. The number of para-hydroxylation sites is 1. The average molecular weight is 474 g/mol. The molecule has 2 aromatic heterocycles. The number of rotatable bonds is 5. The topological polar surface area (TPSA) is 103 Å². The molecule has 0 bridgehead atoms. The fourth-order valence-electron chi connectivity index (χ4n) is 4.36. The Morgan fingerprint density at radius 2 is 2.11 bits per heavy atom. The van der Waals surface area contributed by atoms with Gasteiger partial charge in [0.05, 0.1) is 47.4 Å². The number of fused-ring (bicyclic) bond motifs is 3. The molecule has 35 heavy (non-hydrogen) atoms. The molecule has 1 saturated carbocycles. The number of hydrazone groups is 1. The Labute approximate surface area is 202 Å². The van der Waals surface area contributed by atoms with E-state index in [0.717, 1.165) is 28.5 Å². The summed E-state index contributed by atoms with van der Waals surface area (Å²) in [6.07, 6.45) is 7.94. The molecule has 180 valence electrons. The second-order valence-electron chi connectivity index (χ2n) is 9.12. The maximum Gasteiger partial charge on any atom is 0.274 e. The third-order valence-electron chi connectivity index (χ3n) is 6.28. The summed E-state index contributed by atoms with van der Waals surface area (Å²) in [5.41, 5.74) is 7.67. The standard InChI is InChI=1S/C24H27N9O2/c1-30(2)21-12-25-18(11-20(21)32-13-19(26-14-32)15-7-8-15)24(34)27-17-6-4-5-16-22(17)35-10-9-33-23(16)28-31(3)29-33/h4-6,11-15,29H,7-10H2,1-3H3,(H,27,34). The van der Waals surface area contributed by atoms with Crippen molar-refractivity contribution in [2.75, 3.05) is 44.5 Å². The number of pyridine rings is 1. The molecule has 3 aliphatic rings. The Bertz CT molecular complexity index is 1330. The van der Waals surface area contributed by atoms with E-state index in [0.29, 0.717) is 36.2 Å². The molecule has 1 aromatic carbocycles. The van der Waals surface area contributed by atoms with Crippen molar-refractivity contribution < 1.29 is 9.53 Å². The number of hydrazine groups is 2. The number of hydrogen-bond acceptors (Lipinski definition) is 9. The predicted octanol–water partition coefficient (Wildman–Crippen LogP) is 2.18. The highest BCUT2D eigenvalue weighted by molar-refractivity contribution is 6.08. The monoisotopic (exact) mass is 473 g/mol. The molecule has 4 heterocycles. The molecule has 0 spiro atoms. The second kappa shape index (κ2) is 8.27. The highest BCUT2D eigenvalue weighted by Gasteiger charge is 2.30. The number of nitrogens with one attached hydrogen (secondary N) is 2.